The molecule has 0 radical (unpaired) electrons. The van der Waals surface area contributed by atoms with Gasteiger partial charge in [-0.1, -0.05) is 23.8 Å². The zero-order valence-electron chi connectivity index (χ0n) is 15.4. The molecule has 2 aromatic rings. The second-order valence-electron chi connectivity index (χ2n) is 7.38. The summed E-state index contributed by atoms with van der Waals surface area (Å²) in [6, 6.07) is 8.54. The highest BCUT2D eigenvalue weighted by atomic mass is 16.5. The highest BCUT2D eigenvalue weighted by molar-refractivity contribution is 5.47. The molecule has 2 fully saturated rings. The summed E-state index contributed by atoms with van der Waals surface area (Å²) >= 11 is 0. The van der Waals surface area contributed by atoms with Gasteiger partial charge in [0.25, 0.3) is 0 Å². The van der Waals surface area contributed by atoms with Crippen LogP contribution in [0.1, 0.15) is 34.7 Å². The third kappa shape index (κ3) is 3.66. The summed E-state index contributed by atoms with van der Waals surface area (Å²) < 4.78 is 5.53. The number of aryl methyl sites for hydroxylation is 2. The van der Waals surface area contributed by atoms with Crippen molar-refractivity contribution < 1.29 is 9.84 Å². The Kier molecular flexibility index (Phi) is 4.78. The zero-order chi connectivity index (χ0) is 18.1. The van der Waals surface area contributed by atoms with Crippen molar-refractivity contribution in [2.75, 3.05) is 36.5 Å². The molecule has 2 aliphatic heterocycles. The molecule has 26 heavy (non-hydrogen) atoms. The van der Waals surface area contributed by atoms with Crippen LogP contribution >= 0.6 is 0 Å². The van der Waals surface area contributed by atoms with E-state index < -0.39 is 0 Å². The van der Waals surface area contributed by atoms with E-state index in [-0.39, 0.29) is 6.10 Å². The van der Waals surface area contributed by atoms with Gasteiger partial charge in [0.1, 0.15) is 5.82 Å². The average Bonchev–Trinajstić information content (AvgIpc) is 3.14. The molecular weight excluding hydrogens is 328 g/mol. The molecule has 3 heterocycles. The Morgan fingerprint density at radius 1 is 1.23 bits per heavy atom. The van der Waals surface area contributed by atoms with Gasteiger partial charge in [-0.25, -0.2) is 4.98 Å². The van der Waals surface area contributed by atoms with Crippen LogP contribution in [0.25, 0.3) is 0 Å². The van der Waals surface area contributed by atoms with Crippen LogP contribution < -0.4 is 10.2 Å². The molecule has 1 aromatic heterocycles. The topological polar surface area (TPSA) is 70.5 Å². The van der Waals surface area contributed by atoms with E-state index in [9.17, 15) is 5.11 Å². The molecule has 1 atom stereocenters. The Balaban J connectivity index is 1.56. The summed E-state index contributed by atoms with van der Waals surface area (Å²) in [6.45, 7) is 7.67. The molecule has 0 aliphatic carbocycles. The monoisotopic (exact) mass is 354 g/mol. The zero-order valence-corrected chi connectivity index (χ0v) is 15.4. The maximum absolute atomic E-state index is 9.61. The molecule has 1 aromatic carbocycles. The molecular formula is C20H26N4O2. The summed E-state index contributed by atoms with van der Waals surface area (Å²) in [6.07, 6.45) is 0.721. The van der Waals surface area contributed by atoms with Crippen molar-refractivity contribution in [2.45, 2.75) is 38.8 Å². The molecule has 2 saturated heterocycles. The predicted octanol–water partition coefficient (Wildman–Crippen LogP) is 2.39. The number of ether oxygens (including phenoxy) is 1. The van der Waals surface area contributed by atoms with Crippen LogP contribution in [0.3, 0.4) is 0 Å². The van der Waals surface area contributed by atoms with Crippen LogP contribution in [0, 0.1) is 13.8 Å². The third-order valence-corrected chi connectivity index (χ3v) is 5.19. The van der Waals surface area contributed by atoms with Crippen molar-refractivity contribution >= 4 is 11.8 Å². The molecule has 0 amide bonds. The number of β-amino-alcohol motifs (C(OH)–C–C–N with tert-alkyl or cyclic N) is 1. The summed E-state index contributed by atoms with van der Waals surface area (Å²) in [4.78, 5) is 11.4. The van der Waals surface area contributed by atoms with E-state index in [1.165, 1.54) is 16.7 Å². The number of aromatic nitrogens is 2. The number of aliphatic hydroxyl groups excluding tert-OH is 1. The maximum Gasteiger partial charge on any atom is 0.227 e. The van der Waals surface area contributed by atoms with Crippen LogP contribution in [0.5, 0.6) is 0 Å². The summed E-state index contributed by atoms with van der Waals surface area (Å²) in [7, 11) is 0. The largest absolute Gasteiger partial charge is 0.389 e. The van der Waals surface area contributed by atoms with Crippen LogP contribution in [0.4, 0.5) is 11.8 Å². The van der Waals surface area contributed by atoms with E-state index in [1.807, 2.05) is 11.0 Å². The molecule has 0 saturated carbocycles. The van der Waals surface area contributed by atoms with Crippen molar-refractivity contribution in [3.05, 3.63) is 46.6 Å². The van der Waals surface area contributed by atoms with Crippen molar-refractivity contribution in [1.29, 1.82) is 0 Å². The second kappa shape index (κ2) is 7.21. The van der Waals surface area contributed by atoms with Gasteiger partial charge in [0.05, 0.1) is 18.4 Å². The quantitative estimate of drug-likeness (QED) is 0.859. The fourth-order valence-electron chi connectivity index (χ4n) is 3.46. The minimum Gasteiger partial charge on any atom is -0.389 e. The fourth-order valence-corrected chi connectivity index (χ4v) is 3.46. The third-order valence-electron chi connectivity index (χ3n) is 5.19. The minimum atomic E-state index is -0.275. The van der Waals surface area contributed by atoms with Crippen molar-refractivity contribution in [3.8, 4) is 0 Å². The molecule has 6 heteroatoms. The molecule has 0 spiro atoms. The lowest BCUT2D eigenvalue weighted by atomic mass is 10.0. The summed E-state index contributed by atoms with van der Waals surface area (Å²) in [5.41, 5.74) is 4.83. The number of aliphatic hydroxyl groups is 1. The molecule has 4 rings (SSSR count). The van der Waals surface area contributed by atoms with Gasteiger partial charge in [-0.15, -0.1) is 0 Å². The number of anilines is 2. The van der Waals surface area contributed by atoms with Gasteiger partial charge in [-0.2, -0.15) is 4.98 Å². The fraction of sp³-hybridized carbons (Fsp3) is 0.500. The number of nitrogens with one attached hydrogen (secondary N) is 1. The van der Waals surface area contributed by atoms with Crippen LogP contribution in [0.2, 0.25) is 0 Å². The Morgan fingerprint density at radius 2 is 2.08 bits per heavy atom. The van der Waals surface area contributed by atoms with Crippen LogP contribution in [0.15, 0.2) is 24.3 Å². The van der Waals surface area contributed by atoms with E-state index in [1.54, 1.807) is 0 Å². The SMILES string of the molecule is Cc1ccc(C)c(CNc2cc([C@H]3CCOC3)nc(N3CC(O)C3)n2)c1. The van der Waals surface area contributed by atoms with Crippen molar-refractivity contribution in [1.82, 2.24) is 9.97 Å². The normalized spacial score (nSPS) is 20.3. The number of nitrogens with zero attached hydrogens (tertiary/aromatic N) is 3. The Labute approximate surface area is 154 Å². The molecule has 2 aliphatic rings. The highest BCUT2D eigenvalue weighted by Crippen LogP contribution is 2.28. The first-order valence-electron chi connectivity index (χ1n) is 9.28. The van der Waals surface area contributed by atoms with Gasteiger partial charge in [0, 0.05) is 38.2 Å². The lowest BCUT2D eigenvalue weighted by Crippen LogP contribution is -2.51. The first kappa shape index (κ1) is 17.2. The van der Waals surface area contributed by atoms with E-state index in [0.717, 1.165) is 37.7 Å². The Hall–Kier alpha value is -2.18. The van der Waals surface area contributed by atoms with Crippen LogP contribution in [-0.2, 0) is 11.3 Å². The number of hydrogen-bond acceptors (Lipinski definition) is 6. The number of benzene rings is 1. The maximum atomic E-state index is 9.61. The molecule has 0 bridgehead atoms. The van der Waals surface area contributed by atoms with Crippen LogP contribution in [-0.4, -0.2) is 47.5 Å². The van der Waals surface area contributed by atoms with Gasteiger partial charge < -0.3 is 20.1 Å². The molecule has 138 valence electrons. The summed E-state index contributed by atoms with van der Waals surface area (Å²) in [5.74, 6) is 1.85. The van der Waals surface area contributed by atoms with Crippen molar-refractivity contribution in [3.63, 3.8) is 0 Å². The Morgan fingerprint density at radius 3 is 2.81 bits per heavy atom. The number of rotatable bonds is 5. The van der Waals surface area contributed by atoms with Gasteiger partial charge in [0.2, 0.25) is 5.95 Å². The van der Waals surface area contributed by atoms with E-state index in [0.29, 0.717) is 25.0 Å². The first-order valence-corrected chi connectivity index (χ1v) is 9.28. The van der Waals surface area contributed by atoms with Crippen molar-refractivity contribution in [2.24, 2.45) is 0 Å². The van der Waals surface area contributed by atoms with E-state index in [4.69, 9.17) is 9.72 Å². The lowest BCUT2D eigenvalue weighted by Gasteiger charge is -2.36. The molecule has 2 N–H and O–H groups in total. The highest BCUT2D eigenvalue weighted by Gasteiger charge is 2.28. The molecule has 0 unspecified atom stereocenters. The first-order chi connectivity index (χ1) is 12.6. The van der Waals surface area contributed by atoms with Gasteiger partial charge in [0.15, 0.2) is 0 Å². The smallest absolute Gasteiger partial charge is 0.227 e. The van der Waals surface area contributed by atoms with Gasteiger partial charge in [-0.05, 0) is 31.4 Å². The number of hydrogen-bond donors (Lipinski definition) is 2. The van der Waals surface area contributed by atoms with E-state index >= 15 is 0 Å². The predicted molar refractivity (Wildman–Crippen MR) is 102 cm³/mol. The van der Waals surface area contributed by atoms with Gasteiger partial charge in [-0.3, -0.25) is 0 Å². The average molecular weight is 354 g/mol. The van der Waals surface area contributed by atoms with Gasteiger partial charge >= 0.3 is 0 Å². The second-order valence-corrected chi connectivity index (χ2v) is 7.38. The van der Waals surface area contributed by atoms with E-state index in [2.05, 4.69) is 42.3 Å². The lowest BCUT2D eigenvalue weighted by molar-refractivity contribution is 0.140. The minimum absolute atomic E-state index is 0.275. The molecule has 6 nitrogen and oxygen atoms in total. The standard InChI is InChI=1S/C20H26N4O2/c1-13-3-4-14(2)16(7-13)9-21-19-8-18(15-5-6-26-12-15)22-20(23-19)24-10-17(25)11-24/h3-4,7-8,15,17,25H,5-6,9-12H2,1-2H3,(H,21,22,23)/t15-/m0/s1. The summed E-state index contributed by atoms with van der Waals surface area (Å²) in [5, 5.41) is 13.1. The Bertz CT molecular complexity index is 783.